The number of nitrogens with zero attached hydrogens (tertiary/aromatic N) is 3. The predicted octanol–water partition coefficient (Wildman–Crippen LogP) is 5.09. The number of hydrogen-bond donors (Lipinski definition) is 0. The zero-order valence-electron chi connectivity index (χ0n) is 15.4. The standard InChI is InChI=1S/C22H17N3O3S/c26-21(17-10-4-6-12-19(17)25(27)28)24(15-14-16-8-2-1-3-9-16)22-23-18-11-5-7-13-20(18)29-22/h1-13H,14-15H2. The second-order valence-corrected chi connectivity index (χ2v) is 7.44. The Labute approximate surface area is 171 Å². The predicted molar refractivity (Wildman–Crippen MR) is 115 cm³/mol. The Hall–Kier alpha value is -3.58. The van der Waals surface area contributed by atoms with Crippen molar-refractivity contribution in [3.8, 4) is 0 Å². The first-order valence-corrected chi connectivity index (χ1v) is 9.90. The SMILES string of the molecule is O=C(c1ccccc1[N+](=O)[O-])N(CCc1ccccc1)c1nc2ccccc2s1. The molecule has 0 saturated heterocycles. The van der Waals surface area contributed by atoms with Gasteiger partial charge in [0.1, 0.15) is 5.56 Å². The Morgan fingerprint density at radius 2 is 1.66 bits per heavy atom. The third-order valence-electron chi connectivity index (χ3n) is 4.56. The highest BCUT2D eigenvalue weighted by Crippen LogP contribution is 2.31. The minimum atomic E-state index is -0.527. The van der Waals surface area contributed by atoms with Crippen LogP contribution in [0.25, 0.3) is 10.2 Å². The van der Waals surface area contributed by atoms with E-state index in [0.29, 0.717) is 18.1 Å². The molecule has 144 valence electrons. The lowest BCUT2D eigenvalue weighted by atomic mass is 10.1. The number of nitro benzene ring substituents is 1. The van der Waals surface area contributed by atoms with E-state index in [2.05, 4.69) is 4.98 Å². The van der Waals surface area contributed by atoms with Crippen LogP contribution in [-0.2, 0) is 6.42 Å². The van der Waals surface area contributed by atoms with Gasteiger partial charge in [0.15, 0.2) is 5.13 Å². The molecule has 29 heavy (non-hydrogen) atoms. The van der Waals surface area contributed by atoms with Gasteiger partial charge in [-0.05, 0) is 30.2 Å². The highest BCUT2D eigenvalue weighted by atomic mass is 32.1. The zero-order valence-corrected chi connectivity index (χ0v) is 16.2. The van der Waals surface area contributed by atoms with Crippen molar-refractivity contribution in [3.63, 3.8) is 0 Å². The monoisotopic (exact) mass is 403 g/mol. The lowest BCUT2D eigenvalue weighted by Crippen LogP contribution is -2.33. The summed E-state index contributed by atoms with van der Waals surface area (Å²) >= 11 is 1.40. The lowest BCUT2D eigenvalue weighted by molar-refractivity contribution is -0.385. The number of aromatic nitrogens is 1. The number of rotatable bonds is 6. The van der Waals surface area contributed by atoms with E-state index in [9.17, 15) is 14.9 Å². The van der Waals surface area contributed by atoms with E-state index in [1.807, 2.05) is 54.6 Å². The molecule has 0 aliphatic carbocycles. The molecule has 0 aliphatic heterocycles. The van der Waals surface area contributed by atoms with Crippen molar-refractivity contribution in [1.29, 1.82) is 0 Å². The highest BCUT2D eigenvalue weighted by molar-refractivity contribution is 7.22. The fourth-order valence-electron chi connectivity index (χ4n) is 3.10. The first-order chi connectivity index (χ1) is 14.1. The smallest absolute Gasteiger partial charge is 0.282 e. The Balaban J connectivity index is 1.73. The number of fused-ring (bicyclic) bond motifs is 1. The molecule has 4 rings (SSSR count). The van der Waals surface area contributed by atoms with Crippen molar-refractivity contribution in [2.24, 2.45) is 0 Å². The van der Waals surface area contributed by atoms with E-state index >= 15 is 0 Å². The van der Waals surface area contributed by atoms with Gasteiger partial charge in [-0.3, -0.25) is 19.8 Å². The lowest BCUT2D eigenvalue weighted by Gasteiger charge is -2.20. The number of amides is 1. The van der Waals surface area contributed by atoms with Crippen LogP contribution in [-0.4, -0.2) is 22.4 Å². The average Bonchev–Trinajstić information content (AvgIpc) is 3.18. The molecule has 0 saturated carbocycles. The second kappa shape index (κ2) is 8.20. The molecule has 1 aromatic heterocycles. The Kier molecular flexibility index (Phi) is 5.31. The van der Waals surface area contributed by atoms with Crippen molar-refractivity contribution in [2.45, 2.75) is 6.42 Å². The van der Waals surface area contributed by atoms with Crippen molar-refractivity contribution >= 4 is 38.3 Å². The Bertz CT molecular complexity index is 1140. The summed E-state index contributed by atoms with van der Waals surface area (Å²) < 4.78 is 0.961. The molecule has 0 unspecified atom stereocenters. The maximum atomic E-state index is 13.4. The molecule has 7 heteroatoms. The van der Waals surface area contributed by atoms with Gasteiger partial charge < -0.3 is 0 Å². The fourth-order valence-corrected chi connectivity index (χ4v) is 4.09. The number of thiazole rings is 1. The molecule has 0 bridgehead atoms. The van der Waals surface area contributed by atoms with Crippen molar-refractivity contribution in [1.82, 2.24) is 4.98 Å². The van der Waals surface area contributed by atoms with Gasteiger partial charge in [-0.2, -0.15) is 0 Å². The van der Waals surface area contributed by atoms with Gasteiger partial charge in [0.25, 0.3) is 11.6 Å². The van der Waals surface area contributed by atoms with Crippen LogP contribution >= 0.6 is 11.3 Å². The molecule has 4 aromatic rings. The molecular weight excluding hydrogens is 386 g/mol. The van der Waals surface area contributed by atoms with E-state index < -0.39 is 10.8 Å². The summed E-state index contributed by atoms with van der Waals surface area (Å²) in [6, 6.07) is 23.5. The molecule has 0 atom stereocenters. The summed E-state index contributed by atoms with van der Waals surface area (Å²) in [7, 11) is 0. The van der Waals surface area contributed by atoms with Gasteiger partial charge in [-0.25, -0.2) is 4.98 Å². The minimum absolute atomic E-state index is 0.0600. The third-order valence-corrected chi connectivity index (χ3v) is 5.62. The van der Waals surface area contributed by atoms with Crippen LogP contribution in [0.3, 0.4) is 0 Å². The molecule has 0 N–H and O–H groups in total. The number of anilines is 1. The van der Waals surface area contributed by atoms with E-state index in [-0.39, 0.29) is 11.3 Å². The summed E-state index contributed by atoms with van der Waals surface area (Å²) in [5, 5.41) is 12.0. The molecular formula is C22H17N3O3S. The second-order valence-electron chi connectivity index (χ2n) is 6.43. The first kappa shape index (κ1) is 18.8. The summed E-state index contributed by atoms with van der Waals surface area (Å²) in [4.78, 5) is 30.4. The van der Waals surface area contributed by atoms with Gasteiger partial charge in [-0.1, -0.05) is 65.9 Å². The van der Waals surface area contributed by atoms with Crippen molar-refractivity contribution in [2.75, 3.05) is 11.4 Å². The molecule has 1 amide bonds. The van der Waals surface area contributed by atoms with Gasteiger partial charge in [-0.15, -0.1) is 0 Å². The number of carbonyl (C=O) groups is 1. The minimum Gasteiger partial charge on any atom is -0.283 e. The largest absolute Gasteiger partial charge is 0.283 e. The van der Waals surface area contributed by atoms with E-state index in [4.69, 9.17) is 0 Å². The van der Waals surface area contributed by atoms with Crippen molar-refractivity contribution < 1.29 is 9.72 Å². The van der Waals surface area contributed by atoms with Crippen LogP contribution in [0.1, 0.15) is 15.9 Å². The van der Waals surface area contributed by atoms with Gasteiger partial charge in [0.05, 0.1) is 15.1 Å². The van der Waals surface area contributed by atoms with Crippen LogP contribution in [0, 0.1) is 10.1 Å². The van der Waals surface area contributed by atoms with Crippen LogP contribution in [0.5, 0.6) is 0 Å². The molecule has 3 aromatic carbocycles. The van der Waals surface area contributed by atoms with Crippen LogP contribution in [0.4, 0.5) is 10.8 Å². The fraction of sp³-hybridized carbons (Fsp3) is 0.0909. The van der Waals surface area contributed by atoms with Crippen LogP contribution in [0.15, 0.2) is 78.9 Å². The maximum Gasteiger partial charge on any atom is 0.282 e. The Morgan fingerprint density at radius 3 is 2.41 bits per heavy atom. The highest BCUT2D eigenvalue weighted by Gasteiger charge is 2.27. The molecule has 0 radical (unpaired) electrons. The number of nitro groups is 1. The van der Waals surface area contributed by atoms with Gasteiger partial charge in [0, 0.05) is 12.6 Å². The quantitative estimate of drug-likeness (QED) is 0.332. The van der Waals surface area contributed by atoms with E-state index in [0.717, 1.165) is 15.8 Å². The topological polar surface area (TPSA) is 76.3 Å². The number of para-hydroxylation sites is 2. The van der Waals surface area contributed by atoms with Crippen LogP contribution in [0.2, 0.25) is 0 Å². The molecule has 0 fully saturated rings. The summed E-state index contributed by atoms with van der Waals surface area (Å²) in [5.74, 6) is -0.424. The Morgan fingerprint density at radius 1 is 0.966 bits per heavy atom. The summed E-state index contributed by atoms with van der Waals surface area (Å²) in [5.41, 5.74) is 1.73. The van der Waals surface area contributed by atoms with Crippen LogP contribution < -0.4 is 4.90 Å². The van der Waals surface area contributed by atoms with Gasteiger partial charge >= 0.3 is 0 Å². The molecule has 0 spiro atoms. The summed E-state index contributed by atoms with van der Waals surface area (Å²) in [6.07, 6.45) is 0.614. The van der Waals surface area contributed by atoms with E-state index in [1.54, 1.807) is 17.0 Å². The van der Waals surface area contributed by atoms with Gasteiger partial charge in [0.2, 0.25) is 0 Å². The maximum absolute atomic E-state index is 13.4. The van der Waals surface area contributed by atoms with E-state index in [1.165, 1.54) is 23.5 Å². The van der Waals surface area contributed by atoms with Crippen molar-refractivity contribution in [3.05, 3.63) is 100 Å². The zero-order chi connectivity index (χ0) is 20.2. The average molecular weight is 403 g/mol. The normalized spacial score (nSPS) is 10.8. The first-order valence-electron chi connectivity index (χ1n) is 9.08. The third kappa shape index (κ3) is 4.00. The molecule has 6 nitrogen and oxygen atoms in total. The molecule has 0 aliphatic rings. The molecule has 1 heterocycles. The number of carbonyl (C=O) groups excluding carboxylic acids is 1. The number of benzene rings is 3. The summed E-state index contributed by atoms with van der Waals surface area (Å²) in [6.45, 7) is 0.370. The number of hydrogen-bond acceptors (Lipinski definition) is 5.